The maximum atomic E-state index is 5.18. The first-order valence-electron chi connectivity index (χ1n) is 5.28. The average Bonchev–Trinajstić information content (AvgIpc) is 2.76. The van der Waals surface area contributed by atoms with Gasteiger partial charge in [0.1, 0.15) is 0 Å². The molecule has 4 heteroatoms. The van der Waals surface area contributed by atoms with Gasteiger partial charge in [-0.2, -0.15) is 4.98 Å². The Kier molecular flexibility index (Phi) is 3.31. The van der Waals surface area contributed by atoms with E-state index in [9.17, 15) is 0 Å². The summed E-state index contributed by atoms with van der Waals surface area (Å²) >= 11 is 0. The number of hydrogen-bond acceptors (Lipinski definition) is 4. The number of benzene rings is 1. The van der Waals surface area contributed by atoms with Gasteiger partial charge in [0, 0.05) is 18.5 Å². The highest BCUT2D eigenvalue weighted by atomic mass is 16.5. The van der Waals surface area contributed by atoms with Crippen molar-refractivity contribution in [2.75, 3.05) is 20.6 Å². The zero-order valence-corrected chi connectivity index (χ0v) is 9.55. The van der Waals surface area contributed by atoms with Crippen LogP contribution in [0.5, 0.6) is 0 Å². The van der Waals surface area contributed by atoms with Crippen LogP contribution in [0.15, 0.2) is 34.9 Å². The van der Waals surface area contributed by atoms with Crippen molar-refractivity contribution < 1.29 is 4.52 Å². The Morgan fingerprint density at radius 3 is 2.62 bits per heavy atom. The molecule has 4 nitrogen and oxygen atoms in total. The van der Waals surface area contributed by atoms with Gasteiger partial charge in [0.15, 0.2) is 0 Å². The molecule has 0 atom stereocenters. The predicted molar refractivity (Wildman–Crippen MR) is 62.0 cm³/mol. The quantitative estimate of drug-likeness (QED) is 0.783. The number of likely N-dealkylation sites (N-methyl/N-ethyl adjacent to an activating group) is 1. The van der Waals surface area contributed by atoms with Crippen LogP contribution in [0, 0.1) is 0 Å². The maximum Gasteiger partial charge on any atom is 0.228 e. The first-order chi connectivity index (χ1) is 7.75. The molecular formula is C12H15N3O. The molecule has 1 aromatic carbocycles. The van der Waals surface area contributed by atoms with Gasteiger partial charge in [-0.1, -0.05) is 35.5 Å². The number of hydrogen-bond donors (Lipinski definition) is 0. The molecule has 1 aromatic heterocycles. The Bertz CT molecular complexity index is 437. The highest BCUT2D eigenvalue weighted by Crippen LogP contribution is 2.14. The molecular weight excluding hydrogens is 202 g/mol. The summed E-state index contributed by atoms with van der Waals surface area (Å²) < 4.78 is 5.18. The van der Waals surface area contributed by atoms with Crippen molar-refractivity contribution in [3.05, 3.63) is 36.2 Å². The molecule has 0 aliphatic rings. The maximum absolute atomic E-state index is 5.18. The predicted octanol–water partition coefficient (Wildman–Crippen LogP) is 1.84. The molecule has 2 rings (SSSR count). The molecule has 0 amide bonds. The fourth-order valence-corrected chi connectivity index (χ4v) is 1.38. The van der Waals surface area contributed by atoms with Crippen LogP contribution < -0.4 is 0 Å². The first-order valence-corrected chi connectivity index (χ1v) is 5.28. The summed E-state index contributed by atoms with van der Waals surface area (Å²) in [5.74, 6) is 1.35. The third kappa shape index (κ3) is 2.67. The van der Waals surface area contributed by atoms with Gasteiger partial charge >= 0.3 is 0 Å². The van der Waals surface area contributed by atoms with Gasteiger partial charge in [-0.05, 0) is 14.1 Å². The molecule has 0 fully saturated rings. The van der Waals surface area contributed by atoms with E-state index in [2.05, 4.69) is 15.0 Å². The molecule has 0 saturated heterocycles. The van der Waals surface area contributed by atoms with Crippen molar-refractivity contribution in [3.8, 4) is 11.4 Å². The smallest absolute Gasteiger partial charge is 0.228 e. The van der Waals surface area contributed by atoms with Crippen LogP contribution >= 0.6 is 0 Å². The van der Waals surface area contributed by atoms with E-state index < -0.39 is 0 Å². The largest absolute Gasteiger partial charge is 0.339 e. The molecule has 16 heavy (non-hydrogen) atoms. The normalized spacial score (nSPS) is 10.9. The Morgan fingerprint density at radius 1 is 1.19 bits per heavy atom. The molecule has 0 aliphatic carbocycles. The van der Waals surface area contributed by atoms with E-state index in [4.69, 9.17) is 4.52 Å². The van der Waals surface area contributed by atoms with Crippen molar-refractivity contribution in [2.24, 2.45) is 0 Å². The molecule has 0 unspecified atom stereocenters. The molecule has 84 valence electrons. The van der Waals surface area contributed by atoms with Crippen LogP contribution in [-0.4, -0.2) is 35.7 Å². The second-order valence-electron chi connectivity index (χ2n) is 3.93. The van der Waals surface area contributed by atoms with Gasteiger partial charge in [-0.15, -0.1) is 0 Å². The molecule has 0 saturated carbocycles. The van der Waals surface area contributed by atoms with Gasteiger partial charge in [-0.3, -0.25) is 0 Å². The van der Waals surface area contributed by atoms with Gasteiger partial charge < -0.3 is 9.42 Å². The monoisotopic (exact) mass is 217 g/mol. The van der Waals surface area contributed by atoms with Crippen molar-refractivity contribution in [1.29, 1.82) is 0 Å². The van der Waals surface area contributed by atoms with Gasteiger partial charge in [0.05, 0.1) is 0 Å². The summed E-state index contributed by atoms with van der Waals surface area (Å²) in [6, 6.07) is 9.84. The molecule has 0 radical (unpaired) electrons. The van der Waals surface area contributed by atoms with Crippen molar-refractivity contribution in [3.63, 3.8) is 0 Å². The van der Waals surface area contributed by atoms with E-state index in [1.54, 1.807) is 0 Å². The van der Waals surface area contributed by atoms with E-state index in [1.807, 2.05) is 44.4 Å². The molecule has 0 N–H and O–H groups in total. The minimum absolute atomic E-state index is 0.661. The Hall–Kier alpha value is -1.68. The molecule has 0 spiro atoms. The number of aromatic nitrogens is 2. The summed E-state index contributed by atoms with van der Waals surface area (Å²) in [6.45, 7) is 0.913. The third-order valence-corrected chi connectivity index (χ3v) is 2.27. The highest BCUT2D eigenvalue weighted by Gasteiger charge is 2.07. The SMILES string of the molecule is CN(C)CCc1nc(-c2ccccc2)no1. The fourth-order valence-electron chi connectivity index (χ4n) is 1.38. The standard InChI is InChI=1S/C12H15N3O/c1-15(2)9-8-11-13-12(14-16-11)10-6-4-3-5-7-10/h3-7H,8-9H2,1-2H3. The highest BCUT2D eigenvalue weighted by molar-refractivity contribution is 5.53. The van der Waals surface area contributed by atoms with Gasteiger partial charge in [0.2, 0.25) is 11.7 Å². The molecule has 0 bridgehead atoms. The van der Waals surface area contributed by atoms with Crippen LogP contribution in [0.25, 0.3) is 11.4 Å². The lowest BCUT2D eigenvalue weighted by molar-refractivity contribution is 0.344. The van der Waals surface area contributed by atoms with E-state index in [-0.39, 0.29) is 0 Å². The second-order valence-corrected chi connectivity index (χ2v) is 3.93. The van der Waals surface area contributed by atoms with Crippen LogP contribution in [0.1, 0.15) is 5.89 Å². The summed E-state index contributed by atoms with van der Waals surface area (Å²) in [4.78, 5) is 6.44. The summed E-state index contributed by atoms with van der Waals surface area (Å²) in [5, 5.41) is 3.96. The minimum Gasteiger partial charge on any atom is -0.339 e. The van der Waals surface area contributed by atoms with E-state index in [0.717, 1.165) is 18.5 Å². The van der Waals surface area contributed by atoms with E-state index >= 15 is 0 Å². The van der Waals surface area contributed by atoms with Crippen molar-refractivity contribution >= 4 is 0 Å². The Morgan fingerprint density at radius 2 is 1.94 bits per heavy atom. The van der Waals surface area contributed by atoms with Crippen molar-refractivity contribution in [2.45, 2.75) is 6.42 Å². The Balaban J connectivity index is 2.08. The van der Waals surface area contributed by atoms with E-state index in [1.165, 1.54) is 0 Å². The molecule has 2 aromatic rings. The molecule has 0 aliphatic heterocycles. The fraction of sp³-hybridized carbons (Fsp3) is 0.333. The summed E-state index contributed by atoms with van der Waals surface area (Å²) in [6.07, 6.45) is 0.785. The number of rotatable bonds is 4. The lowest BCUT2D eigenvalue weighted by atomic mass is 10.2. The summed E-state index contributed by atoms with van der Waals surface area (Å²) in [7, 11) is 4.04. The second kappa shape index (κ2) is 4.90. The van der Waals surface area contributed by atoms with Crippen LogP contribution in [0.4, 0.5) is 0 Å². The van der Waals surface area contributed by atoms with Gasteiger partial charge in [0.25, 0.3) is 0 Å². The zero-order chi connectivity index (χ0) is 11.4. The zero-order valence-electron chi connectivity index (χ0n) is 9.55. The summed E-state index contributed by atoms with van der Waals surface area (Å²) in [5.41, 5.74) is 0.988. The lowest BCUT2D eigenvalue weighted by Crippen LogP contribution is -2.15. The third-order valence-electron chi connectivity index (χ3n) is 2.27. The van der Waals surface area contributed by atoms with Crippen LogP contribution in [-0.2, 0) is 6.42 Å². The number of nitrogens with zero attached hydrogens (tertiary/aromatic N) is 3. The van der Waals surface area contributed by atoms with Crippen molar-refractivity contribution in [1.82, 2.24) is 15.0 Å². The van der Waals surface area contributed by atoms with Gasteiger partial charge in [-0.25, -0.2) is 0 Å². The minimum atomic E-state index is 0.661. The van der Waals surface area contributed by atoms with Crippen LogP contribution in [0.2, 0.25) is 0 Å². The van der Waals surface area contributed by atoms with E-state index in [0.29, 0.717) is 11.7 Å². The van der Waals surface area contributed by atoms with Crippen LogP contribution in [0.3, 0.4) is 0 Å². The topological polar surface area (TPSA) is 42.2 Å². The Labute approximate surface area is 94.9 Å². The first kappa shape index (κ1) is 10.8. The average molecular weight is 217 g/mol. The lowest BCUT2D eigenvalue weighted by Gasteiger charge is -2.05. The molecule has 1 heterocycles.